The molecule has 0 aliphatic rings. The molecule has 33 heavy (non-hydrogen) atoms. The van der Waals surface area contributed by atoms with Gasteiger partial charge in [-0.2, -0.15) is 5.11 Å². The lowest BCUT2D eigenvalue weighted by Crippen LogP contribution is -2.23. The fourth-order valence-corrected chi connectivity index (χ4v) is 7.35. The average molecular weight is 449 g/mol. The zero-order valence-electron chi connectivity index (χ0n) is 18.5. The minimum atomic E-state index is -2.54. The number of hydrogen-bond donors (Lipinski definition) is 0. The maximum Gasteiger partial charge on any atom is 0.180 e. The molecular weight excluding hydrogens is 423 g/mol. The number of nitrogens with zero attached hydrogens (tertiary/aromatic N) is 2. The summed E-state index contributed by atoms with van der Waals surface area (Å²) < 4.78 is 0. The molecule has 0 saturated heterocycles. The van der Waals surface area contributed by atoms with Gasteiger partial charge in [0.2, 0.25) is 0 Å². The quantitative estimate of drug-likeness (QED) is 0.226. The van der Waals surface area contributed by atoms with Crippen molar-refractivity contribution < 1.29 is 4.79 Å². The van der Waals surface area contributed by atoms with Gasteiger partial charge in [0.15, 0.2) is 5.78 Å². The van der Waals surface area contributed by atoms with E-state index in [1.807, 2.05) is 84.9 Å². The van der Waals surface area contributed by atoms with E-state index in [1.165, 1.54) is 0 Å². The van der Waals surface area contributed by atoms with E-state index in [0.717, 1.165) is 16.2 Å². The SMILES string of the molecule is CC(=O)C(N=Nc1ccccc1)=P(C=Cc1ccccc1)(c1ccccc1)c1ccccc1. The topological polar surface area (TPSA) is 41.8 Å². The lowest BCUT2D eigenvalue weighted by molar-refractivity contribution is -0.111. The fourth-order valence-electron chi connectivity index (χ4n) is 3.71. The molecule has 0 aromatic heterocycles. The maximum atomic E-state index is 13.2. The summed E-state index contributed by atoms with van der Waals surface area (Å²) in [7, 11) is 0. The van der Waals surface area contributed by atoms with Gasteiger partial charge in [0.05, 0.1) is 5.69 Å². The third-order valence-electron chi connectivity index (χ3n) is 5.28. The number of Topliss-reactive ketones (excluding diaryl/α,β-unsaturated/α-hetero) is 1. The zero-order chi connectivity index (χ0) is 22.9. The van der Waals surface area contributed by atoms with Gasteiger partial charge in [0.25, 0.3) is 0 Å². The van der Waals surface area contributed by atoms with Gasteiger partial charge in [-0.1, -0.05) is 115 Å². The molecular formula is C29H25N2OP. The molecule has 0 amide bonds. The number of ketones is 1. The number of rotatable bonds is 7. The van der Waals surface area contributed by atoms with Crippen LogP contribution in [-0.4, -0.2) is 11.2 Å². The molecule has 4 heteroatoms. The number of hydrogen-bond acceptors (Lipinski definition) is 2. The first-order valence-corrected chi connectivity index (χ1v) is 12.7. The van der Waals surface area contributed by atoms with Gasteiger partial charge in [-0.05, 0) is 34.1 Å². The van der Waals surface area contributed by atoms with E-state index in [9.17, 15) is 4.79 Å². The van der Waals surface area contributed by atoms with Crippen LogP contribution in [-0.2, 0) is 4.79 Å². The monoisotopic (exact) mass is 448 g/mol. The third-order valence-corrected chi connectivity index (χ3v) is 9.18. The van der Waals surface area contributed by atoms with Gasteiger partial charge >= 0.3 is 0 Å². The third kappa shape index (κ3) is 5.16. The molecule has 0 heterocycles. The predicted octanol–water partition coefficient (Wildman–Crippen LogP) is 6.83. The summed E-state index contributed by atoms with van der Waals surface area (Å²) in [4.78, 5) is 13.2. The molecule has 4 aromatic rings. The average Bonchev–Trinajstić information content (AvgIpc) is 2.88. The first-order valence-electron chi connectivity index (χ1n) is 10.8. The van der Waals surface area contributed by atoms with Gasteiger partial charge in [-0.25, -0.2) is 0 Å². The highest BCUT2D eigenvalue weighted by Crippen LogP contribution is 2.50. The van der Waals surface area contributed by atoms with Crippen LogP contribution in [0.25, 0.3) is 6.08 Å². The fraction of sp³-hybridized carbons (Fsp3) is 0.0345. The van der Waals surface area contributed by atoms with Crippen LogP contribution in [0.15, 0.2) is 137 Å². The van der Waals surface area contributed by atoms with Crippen molar-refractivity contribution >= 4 is 40.5 Å². The summed E-state index contributed by atoms with van der Waals surface area (Å²) in [6.45, 7) is -0.964. The van der Waals surface area contributed by atoms with Crippen LogP contribution >= 0.6 is 6.89 Å². The molecule has 0 spiro atoms. The molecule has 0 unspecified atom stereocenters. The van der Waals surface area contributed by atoms with Crippen LogP contribution in [0.2, 0.25) is 0 Å². The van der Waals surface area contributed by atoms with Gasteiger partial charge in [0.1, 0.15) is 5.42 Å². The molecule has 0 aliphatic heterocycles. The second-order valence-corrected chi connectivity index (χ2v) is 10.7. The van der Waals surface area contributed by atoms with Gasteiger partial charge < -0.3 is 0 Å². The molecule has 0 radical (unpaired) electrons. The molecule has 162 valence electrons. The van der Waals surface area contributed by atoms with Crippen molar-refractivity contribution in [3.63, 3.8) is 0 Å². The second-order valence-electron chi connectivity index (χ2n) is 7.54. The maximum absolute atomic E-state index is 13.2. The first-order chi connectivity index (χ1) is 16.2. The Morgan fingerprint density at radius 2 is 1.12 bits per heavy atom. The van der Waals surface area contributed by atoms with Crippen LogP contribution in [0.3, 0.4) is 0 Å². The van der Waals surface area contributed by atoms with Crippen LogP contribution < -0.4 is 10.6 Å². The van der Waals surface area contributed by atoms with Crippen LogP contribution in [0.5, 0.6) is 0 Å². The molecule has 0 bridgehead atoms. The van der Waals surface area contributed by atoms with E-state index in [-0.39, 0.29) is 5.78 Å². The van der Waals surface area contributed by atoms with Crippen LogP contribution in [0, 0.1) is 0 Å². The number of azo groups is 1. The number of carbonyl (C=O) groups is 1. The lowest BCUT2D eigenvalue weighted by Gasteiger charge is -2.26. The molecule has 0 saturated carbocycles. The van der Waals surface area contributed by atoms with Gasteiger partial charge in [-0.3, -0.25) is 4.79 Å². The molecule has 0 aliphatic carbocycles. The highest BCUT2D eigenvalue weighted by molar-refractivity contribution is 7.93. The van der Waals surface area contributed by atoms with Crippen molar-refractivity contribution in [2.24, 2.45) is 10.2 Å². The summed E-state index contributed by atoms with van der Waals surface area (Å²) in [6, 6.07) is 40.0. The summed E-state index contributed by atoms with van der Waals surface area (Å²) in [5, 5.41) is 11.2. The van der Waals surface area contributed by atoms with Crippen molar-refractivity contribution in [2.75, 3.05) is 0 Å². The minimum absolute atomic E-state index is 0.0894. The van der Waals surface area contributed by atoms with Crippen molar-refractivity contribution in [3.8, 4) is 0 Å². The van der Waals surface area contributed by atoms with Crippen LogP contribution in [0.1, 0.15) is 12.5 Å². The van der Waals surface area contributed by atoms with E-state index in [0.29, 0.717) is 11.1 Å². The number of benzene rings is 4. The minimum Gasteiger partial charge on any atom is -0.293 e. The molecule has 0 N–H and O–H groups in total. The summed E-state index contributed by atoms with van der Waals surface area (Å²) in [6.07, 6.45) is 2.09. The predicted molar refractivity (Wildman–Crippen MR) is 141 cm³/mol. The van der Waals surface area contributed by atoms with Crippen molar-refractivity contribution in [1.82, 2.24) is 0 Å². The Balaban J connectivity index is 2.08. The Bertz CT molecular complexity index is 1270. The molecule has 4 aromatic carbocycles. The Morgan fingerprint density at radius 1 is 0.667 bits per heavy atom. The summed E-state index contributed by atoms with van der Waals surface area (Å²) >= 11 is 0. The molecule has 3 nitrogen and oxygen atoms in total. The molecule has 0 atom stereocenters. The van der Waals surface area contributed by atoms with E-state index in [2.05, 4.69) is 58.5 Å². The van der Waals surface area contributed by atoms with Crippen LogP contribution in [0.4, 0.5) is 5.69 Å². The second kappa shape index (κ2) is 10.7. The Kier molecular flexibility index (Phi) is 7.24. The largest absolute Gasteiger partial charge is 0.293 e. The zero-order valence-corrected chi connectivity index (χ0v) is 19.3. The normalized spacial score (nSPS) is 11.7. The van der Waals surface area contributed by atoms with E-state index < -0.39 is 6.89 Å². The van der Waals surface area contributed by atoms with Crippen molar-refractivity contribution in [3.05, 3.63) is 133 Å². The highest BCUT2D eigenvalue weighted by atomic mass is 31.2. The lowest BCUT2D eigenvalue weighted by atomic mass is 10.2. The van der Waals surface area contributed by atoms with E-state index >= 15 is 0 Å². The Morgan fingerprint density at radius 3 is 1.61 bits per heavy atom. The van der Waals surface area contributed by atoms with Gasteiger partial charge in [-0.15, -0.1) is 5.11 Å². The smallest absolute Gasteiger partial charge is 0.180 e. The van der Waals surface area contributed by atoms with Gasteiger partial charge in [0, 0.05) is 13.8 Å². The highest BCUT2D eigenvalue weighted by Gasteiger charge is 2.28. The molecule has 0 fully saturated rings. The Hall–Kier alpha value is -3.81. The summed E-state index contributed by atoms with van der Waals surface area (Å²) in [5.41, 5.74) is 2.25. The van der Waals surface area contributed by atoms with E-state index in [1.54, 1.807) is 6.92 Å². The Labute approximate surface area is 195 Å². The summed E-state index contributed by atoms with van der Waals surface area (Å²) in [5.74, 6) is 2.08. The van der Waals surface area contributed by atoms with E-state index in [4.69, 9.17) is 0 Å². The first kappa shape index (κ1) is 22.4. The number of carbonyl (C=O) groups excluding carboxylic acids is 1. The standard InChI is InChI=1S/C29H25N2OP/c1-24(32)29(31-30-26-16-8-3-9-17-26)33(27-18-10-4-11-19-27,28-20-12-5-13-21-28)23-22-25-14-6-2-7-15-25/h2-23H,1H3. The molecule has 4 rings (SSSR count). The van der Waals surface area contributed by atoms with Crippen molar-refractivity contribution in [2.45, 2.75) is 6.92 Å². The van der Waals surface area contributed by atoms with Crippen molar-refractivity contribution in [1.29, 1.82) is 0 Å².